The first kappa shape index (κ1) is 18.9. The molecule has 5 rings (SSSR count). The Morgan fingerprint density at radius 2 is 1.87 bits per heavy atom. The summed E-state index contributed by atoms with van der Waals surface area (Å²) in [6.07, 6.45) is 0. The fourth-order valence-electron chi connectivity index (χ4n) is 4.69. The number of aromatic nitrogens is 1. The summed E-state index contributed by atoms with van der Waals surface area (Å²) < 4.78 is 28.0. The van der Waals surface area contributed by atoms with Crippen molar-refractivity contribution < 1.29 is 23.5 Å². The highest BCUT2D eigenvalue weighted by molar-refractivity contribution is 6.13. The number of hydrogen-bond acceptors (Lipinski definition) is 6. The third-order valence-corrected chi connectivity index (χ3v) is 6.43. The fraction of sp³-hybridized carbons (Fsp3) is 0.381. The Balaban J connectivity index is 1.62. The van der Waals surface area contributed by atoms with Crippen LogP contribution in [0.3, 0.4) is 0 Å². The van der Waals surface area contributed by atoms with Gasteiger partial charge >= 0.3 is 5.97 Å². The van der Waals surface area contributed by atoms with Crippen molar-refractivity contribution in [2.75, 3.05) is 29.4 Å². The largest absolute Gasteiger partial charge is 0.481 e. The zero-order valence-corrected chi connectivity index (χ0v) is 16.2. The van der Waals surface area contributed by atoms with Gasteiger partial charge in [-0.2, -0.15) is 0 Å². The van der Waals surface area contributed by atoms with E-state index in [-0.39, 0.29) is 29.7 Å². The molecular weight excluding hydrogens is 394 g/mol. The minimum absolute atomic E-state index is 0.0232. The number of rotatable bonds is 3. The van der Waals surface area contributed by atoms with E-state index < -0.39 is 29.3 Å². The molecule has 7 nitrogen and oxygen atoms in total. The number of ketones is 1. The van der Waals surface area contributed by atoms with Gasteiger partial charge in [0.1, 0.15) is 29.2 Å². The van der Waals surface area contributed by atoms with Crippen LogP contribution in [0.5, 0.6) is 0 Å². The Kier molecular flexibility index (Phi) is 4.08. The van der Waals surface area contributed by atoms with Gasteiger partial charge in [0.05, 0.1) is 11.3 Å². The second-order valence-corrected chi connectivity index (χ2v) is 8.27. The smallest absolute Gasteiger partial charge is 0.316 e. The van der Waals surface area contributed by atoms with Crippen molar-refractivity contribution in [1.29, 1.82) is 0 Å². The number of aliphatic carboxylic acids is 1. The van der Waals surface area contributed by atoms with Gasteiger partial charge in [0, 0.05) is 31.7 Å². The number of nitrogens with zero attached hydrogens (tertiary/aromatic N) is 3. The summed E-state index contributed by atoms with van der Waals surface area (Å²) in [4.78, 5) is 32.6. The first-order valence-corrected chi connectivity index (χ1v) is 9.78. The molecule has 0 bridgehead atoms. The zero-order valence-electron chi connectivity index (χ0n) is 16.2. The predicted molar refractivity (Wildman–Crippen MR) is 105 cm³/mol. The van der Waals surface area contributed by atoms with E-state index in [1.807, 2.05) is 6.92 Å². The molecular formula is C21H20F2N4O3. The summed E-state index contributed by atoms with van der Waals surface area (Å²) in [6.45, 7) is 3.05. The Morgan fingerprint density at radius 1 is 1.17 bits per heavy atom. The lowest BCUT2D eigenvalue weighted by atomic mass is 9.91. The topological polar surface area (TPSA) is 99.8 Å². The molecule has 4 atom stereocenters. The molecule has 2 unspecified atom stereocenters. The van der Waals surface area contributed by atoms with Gasteiger partial charge < -0.3 is 20.6 Å². The second-order valence-electron chi connectivity index (χ2n) is 8.27. The van der Waals surface area contributed by atoms with Gasteiger partial charge in [0.2, 0.25) is 0 Å². The number of halogens is 2. The minimum Gasteiger partial charge on any atom is -0.481 e. The van der Waals surface area contributed by atoms with E-state index in [1.54, 1.807) is 6.07 Å². The number of carboxylic acids is 1. The lowest BCUT2D eigenvalue weighted by molar-refractivity contribution is -0.139. The van der Waals surface area contributed by atoms with Crippen LogP contribution < -0.4 is 15.5 Å². The van der Waals surface area contributed by atoms with Gasteiger partial charge in [-0.15, -0.1) is 0 Å². The standard InChI is InChI=1S/C21H20F2N4O3/c1-9-4-11-18(28)14(21(29)30)8-27(16-3-2-10(22)5-15(16)23)20(11)25-19(9)26-6-12-13(7-26)17(12)24/h2-5,12-14,17H,6-8,24H2,1H3,(H,29,30)/t12-,13+,14?,17?. The molecule has 0 spiro atoms. The van der Waals surface area contributed by atoms with E-state index in [9.17, 15) is 23.5 Å². The Bertz CT molecular complexity index is 1080. The van der Waals surface area contributed by atoms with E-state index in [0.717, 1.165) is 30.8 Å². The van der Waals surface area contributed by atoms with Crippen LogP contribution in [0.4, 0.5) is 26.1 Å². The number of benzene rings is 1. The summed E-state index contributed by atoms with van der Waals surface area (Å²) in [5.74, 6) is -3.13. The first-order chi connectivity index (χ1) is 14.3. The lowest BCUT2D eigenvalue weighted by Crippen LogP contribution is -2.42. The molecule has 1 aliphatic carbocycles. The van der Waals surface area contributed by atoms with Gasteiger partial charge in [0.15, 0.2) is 5.78 Å². The van der Waals surface area contributed by atoms with E-state index >= 15 is 0 Å². The number of carbonyl (C=O) groups is 2. The summed E-state index contributed by atoms with van der Waals surface area (Å²) in [5, 5.41) is 9.53. The highest BCUT2D eigenvalue weighted by atomic mass is 19.1. The monoisotopic (exact) mass is 414 g/mol. The first-order valence-electron chi connectivity index (χ1n) is 9.78. The van der Waals surface area contributed by atoms with Crippen molar-refractivity contribution in [1.82, 2.24) is 4.98 Å². The van der Waals surface area contributed by atoms with Crippen LogP contribution in [0.1, 0.15) is 15.9 Å². The predicted octanol–water partition coefficient (Wildman–Crippen LogP) is 2.10. The van der Waals surface area contributed by atoms with Crippen LogP contribution in [-0.4, -0.2) is 47.5 Å². The number of aryl methyl sites for hydroxylation is 1. The number of Topliss-reactive ketones (excluding diaryl/α,β-unsaturated/α-hetero) is 1. The molecule has 3 N–H and O–H groups in total. The Morgan fingerprint density at radius 3 is 2.50 bits per heavy atom. The van der Waals surface area contributed by atoms with Crippen LogP contribution in [0.25, 0.3) is 0 Å². The number of anilines is 3. The molecule has 2 aliphatic heterocycles. The average molecular weight is 414 g/mol. The molecule has 30 heavy (non-hydrogen) atoms. The van der Waals surface area contributed by atoms with Gasteiger partial charge in [-0.25, -0.2) is 13.8 Å². The number of nitrogens with two attached hydrogens (primary N) is 1. The van der Waals surface area contributed by atoms with E-state index in [1.165, 1.54) is 11.0 Å². The molecule has 9 heteroatoms. The lowest BCUT2D eigenvalue weighted by Gasteiger charge is -2.34. The highest BCUT2D eigenvalue weighted by Crippen LogP contribution is 2.46. The number of piperidine rings is 1. The number of carboxylic acid groups (broad SMARTS) is 1. The van der Waals surface area contributed by atoms with Crippen molar-refractivity contribution in [3.05, 3.63) is 47.0 Å². The molecule has 3 heterocycles. The van der Waals surface area contributed by atoms with Gasteiger partial charge in [-0.1, -0.05) is 0 Å². The normalized spacial score (nSPS) is 27.1. The highest BCUT2D eigenvalue weighted by Gasteiger charge is 2.54. The SMILES string of the molecule is Cc1cc2c(nc1N1C[C@@H]3C(N)[C@@H]3C1)N(c1ccc(F)cc1F)CC(C(=O)O)C2=O. The maximum Gasteiger partial charge on any atom is 0.316 e. The number of pyridine rings is 1. The molecule has 0 radical (unpaired) electrons. The van der Waals surface area contributed by atoms with E-state index in [0.29, 0.717) is 17.7 Å². The number of hydrogen-bond donors (Lipinski definition) is 2. The van der Waals surface area contributed by atoms with E-state index in [4.69, 9.17) is 5.73 Å². The Labute approximate surface area is 171 Å². The maximum absolute atomic E-state index is 14.6. The molecule has 2 aromatic rings. The molecule has 156 valence electrons. The Hall–Kier alpha value is -3.07. The molecule has 1 saturated carbocycles. The van der Waals surface area contributed by atoms with Crippen LogP contribution in [0.15, 0.2) is 24.3 Å². The zero-order chi connectivity index (χ0) is 21.3. The second kappa shape index (κ2) is 6.46. The summed E-state index contributed by atoms with van der Waals surface area (Å²) in [7, 11) is 0. The molecule has 1 aromatic carbocycles. The number of carbonyl (C=O) groups excluding carboxylic acids is 1. The summed E-state index contributed by atoms with van der Waals surface area (Å²) >= 11 is 0. The van der Waals surface area contributed by atoms with Crippen LogP contribution >= 0.6 is 0 Å². The van der Waals surface area contributed by atoms with Crippen molar-refractivity contribution in [2.45, 2.75) is 13.0 Å². The molecule has 0 amide bonds. The summed E-state index contributed by atoms with van der Waals surface area (Å²) in [6, 6.07) is 4.88. The summed E-state index contributed by atoms with van der Waals surface area (Å²) in [5.41, 5.74) is 6.86. The van der Waals surface area contributed by atoms with E-state index in [2.05, 4.69) is 9.88 Å². The minimum atomic E-state index is -1.37. The molecule has 2 fully saturated rings. The van der Waals surface area contributed by atoms with Crippen molar-refractivity contribution in [3.8, 4) is 0 Å². The maximum atomic E-state index is 14.6. The molecule has 1 aromatic heterocycles. The third-order valence-electron chi connectivity index (χ3n) is 6.43. The van der Waals surface area contributed by atoms with Gasteiger partial charge in [-0.05, 0) is 42.5 Å². The van der Waals surface area contributed by atoms with Gasteiger partial charge in [0.25, 0.3) is 0 Å². The van der Waals surface area contributed by atoms with Gasteiger partial charge in [-0.3, -0.25) is 9.59 Å². The van der Waals surface area contributed by atoms with Crippen molar-refractivity contribution >= 4 is 29.1 Å². The molecule has 1 saturated heterocycles. The quantitative estimate of drug-likeness (QED) is 0.742. The fourth-order valence-corrected chi connectivity index (χ4v) is 4.69. The van der Waals surface area contributed by atoms with Crippen LogP contribution in [0, 0.1) is 36.3 Å². The average Bonchev–Trinajstić information content (AvgIpc) is 3.10. The third kappa shape index (κ3) is 2.76. The van der Waals surface area contributed by atoms with Crippen molar-refractivity contribution in [3.63, 3.8) is 0 Å². The molecule has 3 aliphatic rings. The number of fused-ring (bicyclic) bond motifs is 2. The van der Waals surface area contributed by atoms with Crippen LogP contribution in [-0.2, 0) is 4.79 Å². The van der Waals surface area contributed by atoms with Crippen molar-refractivity contribution in [2.24, 2.45) is 23.5 Å². The van der Waals surface area contributed by atoms with Crippen LogP contribution in [0.2, 0.25) is 0 Å².